The minimum Gasteiger partial charge on any atom is -0.497 e. The van der Waals surface area contributed by atoms with E-state index in [-0.39, 0.29) is 6.61 Å². The highest BCUT2D eigenvalue weighted by atomic mass is 16.5. The first-order valence-electron chi connectivity index (χ1n) is 7.25. The molecule has 2 aromatic carbocycles. The van der Waals surface area contributed by atoms with E-state index < -0.39 is 5.97 Å². The molecule has 0 bridgehead atoms. The van der Waals surface area contributed by atoms with Gasteiger partial charge in [0.15, 0.2) is 0 Å². The van der Waals surface area contributed by atoms with Crippen molar-refractivity contribution in [3.05, 3.63) is 65.2 Å². The standard InChI is InChI=1S/C19H20O4/c1-14-4-6-15(7-5-14)13-23-19(20)11-9-16-8-10-17(21-2)12-18(16)22-3/h4-12H,13H2,1-3H3/b11-9+. The Morgan fingerprint density at radius 3 is 2.43 bits per heavy atom. The quantitative estimate of drug-likeness (QED) is 0.601. The summed E-state index contributed by atoms with van der Waals surface area (Å²) in [5.74, 6) is 0.927. The van der Waals surface area contributed by atoms with Gasteiger partial charge in [-0.1, -0.05) is 29.8 Å². The SMILES string of the molecule is COc1ccc(/C=C/C(=O)OCc2ccc(C)cc2)c(OC)c1. The molecular weight excluding hydrogens is 292 g/mol. The molecular formula is C19H20O4. The molecule has 0 saturated carbocycles. The number of carbonyl (C=O) groups excluding carboxylic acids is 1. The first kappa shape index (κ1) is 16.6. The Balaban J connectivity index is 1.96. The van der Waals surface area contributed by atoms with E-state index in [0.29, 0.717) is 11.5 Å². The van der Waals surface area contributed by atoms with Gasteiger partial charge in [-0.15, -0.1) is 0 Å². The number of rotatable bonds is 6. The van der Waals surface area contributed by atoms with Crippen LogP contribution in [0.2, 0.25) is 0 Å². The summed E-state index contributed by atoms with van der Waals surface area (Å²) in [6, 6.07) is 13.2. The lowest BCUT2D eigenvalue weighted by Crippen LogP contribution is -2.00. The van der Waals surface area contributed by atoms with Gasteiger partial charge < -0.3 is 14.2 Å². The van der Waals surface area contributed by atoms with Crippen molar-refractivity contribution < 1.29 is 19.0 Å². The second-order valence-corrected chi connectivity index (χ2v) is 5.03. The molecule has 2 rings (SSSR count). The molecule has 0 aliphatic rings. The zero-order valence-electron chi connectivity index (χ0n) is 13.5. The smallest absolute Gasteiger partial charge is 0.331 e. The summed E-state index contributed by atoms with van der Waals surface area (Å²) in [4.78, 5) is 11.8. The van der Waals surface area contributed by atoms with E-state index in [1.54, 1.807) is 32.4 Å². The van der Waals surface area contributed by atoms with Gasteiger partial charge in [0.2, 0.25) is 0 Å². The average molecular weight is 312 g/mol. The summed E-state index contributed by atoms with van der Waals surface area (Å²) in [7, 11) is 3.16. The predicted octanol–water partition coefficient (Wildman–Crippen LogP) is 3.77. The summed E-state index contributed by atoms with van der Waals surface area (Å²) in [6.45, 7) is 2.27. The highest BCUT2D eigenvalue weighted by molar-refractivity contribution is 5.87. The Morgan fingerprint density at radius 2 is 1.78 bits per heavy atom. The first-order valence-corrected chi connectivity index (χ1v) is 7.25. The van der Waals surface area contributed by atoms with Crippen LogP contribution in [0.4, 0.5) is 0 Å². The summed E-state index contributed by atoms with van der Waals surface area (Å²) < 4.78 is 15.6. The van der Waals surface area contributed by atoms with Crippen molar-refractivity contribution >= 4 is 12.0 Å². The van der Waals surface area contributed by atoms with E-state index in [1.165, 1.54) is 11.6 Å². The molecule has 2 aromatic rings. The van der Waals surface area contributed by atoms with Gasteiger partial charge in [0.25, 0.3) is 0 Å². The molecule has 23 heavy (non-hydrogen) atoms. The maximum Gasteiger partial charge on any atom is 0.331 e. The van der Waals surface area contributed by atoms with Gasteiger partial charge in [-0.3, -0.25) is 0 Å². The van der Waals surface area contributed by atoms with Crippen LogP contribution in [0, 0.1) is 6.92 Å². The predicted molar refractivity (Wildman–Crippen MR) is 89.6 cm³/mol. The highest BCUT2D eigenvalue weighted by Gasteiger charge is 2.04. The molecule has 0 aliphatic heterocycles. The Labute approximate surface area is 136 Å². The fourth-order valence-corrected chi connectivity index (χ4v) is 2.00. The van der Waals surface area contributed by atoms with E-state index >= 15 is 0 Å². The molecule has 0 fully saturated rings. The largest absolute Gasteiger partial charge is 0.497 e. The zero-order valence-corrected chi connectivity index (χ0v) is 13.5. The van der Waals surface area contributed by atoms with Crippen LogP contribution in [0.5, 0.6) is 11.5 Å². The van der Waals surface area contributed by atoms with Crippen LogP contribution < -0.4 is 9.47 Å². The fourth-order valence-electron chi connectivity index (χ4n) is 2.00. The van der Waals surface area contributed by atoms with Gasteiger partial charge >= 0.3 is 5.97 Å². The lowest BCUT2D eigenvalue weighted by atomic mass is 10.1. The average Bonchev–Trinajstić information content (AvgIpc) is 2.59. The van der Waals surface area contributed by atoms with Gasteiger partial charge in [0, 0.05) is 17.7 Å². The van der Waals surface area contributed by atoms with Crippen LogP contribution in [-0.2, 0) is 16.1 Å². The Morgan fingerprint density at radius 1 is 1.04 bits per heavy atom. The van der Waals surface area contributed by atoms with Gasteiger partial charge in [0.05, 0.1) is 14.2 Å². The number of carbonyl (C=O) groups is 1. The molecule has 0 saturated heterocycles. The number of esters is 1. The Hall–Kier alpha value is -2.75. The Kier molecular flexibility index (Phi) is 5.80. The van der Waals surface area contributed by atoms with Gasteiger partial charge in [0.1, 0.15) is 18.1 Å². The van der Waals surface area contributed by atoms with Gasteiger partial charge in [-0.25, -0.2) is 4.79 Å². The fraction of sp³-hybridized carbons (Fsp3) is 0.211. The maximum atomic E-state index is 11.8. The van der Waals surface area contributed by atoms with E-state index in [9.17, 15) is 4.79 Å². The molecule has 0 spiro atoms. The van der Waals surface area contributed by atoms with Crippen molar-refractivity contribution in [1.29, 1.82) is 0 Å². The van der Waals surface area contributed by atoms with E-state index in [1.807, 2.05) is 37.3 Å². The molecule has 0 aliphatic carbocycles. The van der Waals surface area contributed by atoms with E-state index in [2.05, 4.69) is 0 Å². The molecule has 0 atom stereocenters. The minimum absolute atomic E-state index is 0.253. The zero-order chi connectivity index (χ0) is 16.7. The van der Waals surface area contributed by atoms with Crippen LogP contribution >= 0.6 is 0 Å². The minimum atomic E-state index is -0.400. The molecule has 120 valence electrons. The van der Waals surface area contributed by atoms with E-state index in [4.69, 9.17) is 14.2 Å². The van der Waals surface area contributed by atoms with Crippen molar-refractivity contribution in [2.75, 3.05) is 14.2 Å². The summed E-state index contributed by atoms with van der Waals surface area (Å²) in [6.07, 6.45) is 3.05. The second kappa shape index (κ2) is 8.03. The monoisotopic (exact) mass is 312 g/mol. The summed E-state index contributed by atoms with van der Waals surface area (Å²) >= 11 is 0. The lowest BCUT2D eigenvalue weighted by molar-refractivity contribution is -0.138. The maximum absolute atomic E-state index is 11.8. The normalized spacial score (nSPS) is 10.6. The van der Waals surface area contributed by atoms with Crippen LogP contribution in [0.25, 0.3) is 6.08 Å². The van der Waals surface area contributed by atoms with Gasteiger partial charge in [-0.05, 0) is 30.7 Å². The molecule has 0 unspecified atom stereocenters. The molecule has 4 nitrogen and oxygen atoms in total. The third kappa shape index (κ3) is 4.88. The number of methoxy groups -OCH3 is 2. The lowest BCUT2D eigenvalue weighted by Gasteiger charge is -2.07. The second-order valence-electron chi connectivity index (χ2n) is 5.03. The van der Waals surface area contributed by atoms with Crippen molar-refractivity contribution in [3.8, 4) is 11.5 Å². The third-order valence-electron chi connectivity index (χ3n) is 3.34. The molecule has 0 amide bonds. The number of benzene rings is 2. The molecule has 0 aromatic heterocycles. The Bertz CT molecular complexity index is 687. The van der Waals surface area contributed by atoms with Crippen LogP contribution in [0.15, 0.2) is 48.5 Å². The molecule has 0 radical (unpaired) electrons. The number of aryl methyl sites for hydroxylation is 1. The van der Waals surface area contributed by atoms with Crippen molar-refractivity contribution in [2.24, 2.45) is 0 Å². The topological polar surface area (TPSA) is 44.8 Å². The number of ether oxygens (including phenoxy) is 3. The molecule has 4 heteroatoms. The van der Waals surface area contributed by atoms with Crippen molar-refractivity contribution in [3.63, 3.8) is 0 Å². The third-order valence-corrected chi connectivity index (χ3v) is 3.34. The molecule has 0 heterocycles. The number of hydrogen-bond acceptors (Lipinski definition) is 4. The van der Waals surface area contributed by atoms with E-state index in [0.717, 1.165) is 11.1 Å². The van der Waals surface area contributed by atoms with Crippen molar-refractivity contribution in [2.45, 2.75) is 13.5 Å². The molecule has 0 N–H and O–H groups in total. The summed E-state index contributed by atoms with van der Waals surface area (Å²) in [5, 5.41) is 0. The van der Waals surface area contributed by atoms with Crippen LogP contribution in [0.3, 0.4) is 0 Å². The van der Waals surface area contributed by atoms with Crippen LogP contribution in [0.1, 0.15) is 16.7 Å². The van der Waals surface area contributed by atoms with Crippen molar-refractivity contribution in [1.82, 2.24) is 0 Å². The first-order chi connectivity index (χ1) is 11.1. The van der Waals surface area contributed by atoms with Crippen LogP contribution in [-0.4, -0.2) is 20.2 Å². The summed E-state index contributed by atoms with van der Waals surface area (Å²) in [5.41, 5.74) is 2.91. The highest BCUT2D eigenvalue weighted by Crippen LogP contribution is 2.25. The number of hydrogen-bond donors (Lipinski definition) is 0. The van der Waals surface area contributed by atoms with Gasteiger partial charge in [-0.2, -0.15) is 0 Å².